The smallest absolute Gasteiger partial charge is 0.267 e. The summed E-state index contributed by atoms with van der Waals surface area (Å²) < 4.78 is 33.0. The molecule has 26 heavy (non-hydrogen) atoms. The van der Waals surface area contributed by atoms with Crippen molar-refractivity contribution in [3.8, 4) is 5.75 Å². The molecule has 0 saturated carbocycles. The number of nitrogens with zero attached hydrogens (tertiary/aromatic N) is 2. The lowest BCUT2D eigenvalue weighted by atomic mass is 10.1. The molecule has 0 aliphatic carbocycles. The van der Waals surface area contributed by atoms with Gasteiger partial charge in [0, 0.05) is 18.8 Å². The summed E-state index contributed by atoms with van der Waals surface area (Å²) in [7, 11) is -3.56. The number of nitrogens with two attached hydrogens (primary N) is 1. The summed E-state index contributed by atoms with van der Waals surface area (Å²) in [4.78, 5) is 15.4. The maximum absolute atomic E-state index is 12.8. The summed E-state index contributed by atoms with van der Waals surface area (Å²) in [5, 5.41) is 0. The first-order valence-corrected chi connectivity index (χ1v) is 9.79. The molecule has 0 radical (unpaired) electrons. The van der Waals surface area contributed by atoms with Crippen LogP contribution in [0.1, 0.15) is 28.9 Å². The van der Waals surface area contributed by atoms with Crippen molar-refractivity contribution in [2.24, 2.45) is 5.73 Å². The number of sulfonamides is 1. The lowest BCUT2D eigenvalue weighted by Crippen LogP contribution is -2.44. The third kappa shape index (κ3) is 4.03. The van der Waals surface area contributed by atoms with Crippen LogP contribution in [0.25, 0.3) is 0 Å². The number of aromatic nitrogens is 1. The fraction of sp³-hybridized carbons (Fsp3) is 0.333. The normalized spacial score (nSPS) is 18.4. The minimum absolute atomic E-state index is 0.113. The molecule has 2 aromatic rings. The molecule has 1 unspecified atom stereocenters. The summed E-state index contributed by atoms with van der Waals surface area (Å²) >= 11 is 0. The van der Waals surface area contributed by atoms with E-state index in [0.29, 0.717) is 18.7 Å². The van der Waals surface area contributed by atoms with Crippen LogP contribution in [-0.4, -0.2) is 42.8 Å². The van der Waals surface area contributed by atoms with Crippen molar-refractivity contribution >= 4 is 15.9 Å². The van der Waals surface area contributed by atoms with E-state index in [1.807, 2.05) is 6.92 Å². The van der Waals surface area contributed by atoms with E-state index in [1.54, 1.807) is 30.3 Å². The molecule has 1 aromatic carbocycles. The number of primary amides is 1. The second-order valence-electron chi connectivity index (χ2n) is 6.30. The Bertz CT molecular complexity index is 897. The van der Waals surface area contributed by atoms with E-state index >= 15 is 0 Å². The van der Waals surface area contributed by atoms with Crippen LogP contribution in [0.2, 0.25) is 0 Å². The van der Waals surface area contributed by atoms with E-state index in [9.17, 15) is 13.2 Å². The maximum atomic E-state index is 12.8. The number of aryl methyl sites for hydroxylation is 1. The van der Waals surface area contributed by atoms with Gasteiger partial charge in [0.05, 0.1) is 11.4 Å². The SMILES string of the molecule is Cc1ccc(S(=O)(=O)N2CCCC(Oc3ccnc(C(N)=O)c3)C2)cc1. The fourth-order valence-electron chi connectivity index (χ4n) is 2.89. The van der Waals surface area contributed by atoms with Crippen molar-refractivity contribution in [3.63, 3.8) is 0 Å². The average molecular weight is 375 g/mol. The summed E-state index contributed by atoms with van der Waals surface area (Å²) in [6.45, 7) is 2.62. The van der Waals surface area contributed by atoms with Gasteiger partial charge in [0.2, 0.25) is 10.0 Å². The van der Waals surface area contributed by atoms with E-state index in [2.05, 4.69) is 4.98 Å². The van der Waals surface area contributed by atoms with Crippen molar-refractivity contribution in [1.29, 1.82) is 0 Å². The van der Waals surface area contributed by atoms with Crippen LogP contribution in [0.5, 0.6) is 5.75 Å². The van der Waals surface area contributed by atoms with Crippen molar-refractivity contribution in [1.82, 2.24) is 9.29 Å². The molecule has 1 aliphatic rings. The Hall–Kier alpha value is -2.45. The van der Waals surface area contributed by atoms with Gasteiger partial charge < -0.3 is 10.5 Å². The van der Waals surface area contributed by atoms with Crippen molar-refractivity contribution in [3.05, 3.63) is 53.9 Å². The molecular weight excluding hydrogens is 354 g/mol. The topological polar surface area (TPSA) is 103 Å². The zero-order valence-corrected chi connectivity index (χ0v) is 15.3. The van der Waals surface area contributed by atoms with Gasteiger partial charge in [-0.15, -0.1) is 0 Å². The number of pyridine rings is 1. The molecule has 1 atom stereocenters. The van der Waals surface area contributed by atoms with Crippen LogP contribution in [0, 0.1) is 6.92 Å². The number of rotatable bonds is 5. The summed E-state index contributed by atoms with van der Waals surface area (Å²) in [6, 6.07) is 9.91. The average Bonchev–Trinajstić information content (AvgIpc) is 2.62. The van der Waals surface area contributed by atoms with E-state index in [0.717, 1.165) is 12.0 Å². The van der Waals surface area contributed by atoms with Crippen molar-refractivity contribution < 1.29 is 17.9 Å². The molecule has 1 aliphatic heterocycles. The Morgan fingerprint density at radius 1 is 1.27 bits per heavy atom. The van der Waals surface area contributed by atoms with Gasteiger partial charge in [0.15, 0.2) is 0 Å². The molecule has 0 bridgehead atoms. The maximum Gasteiger partial charge on any atom is 0.267 e. The van der Waals surface area contributed by atoms with Gasteiger partial charge in [-0.25, -0.2) is 8.42 Å². The van der Waals surface area contributed by atoms with Gasteiger partial charge in [-0.3, -0.25) is 9.78 Å². The zero-order chi connectivity index (χ0) is 18.7. The largest absolute Gasteiger partial charge is 0.489 e. The molecule has 2 N–H and O–H groups in total. The van der Waals surface area contributed by atoms with Gasteiger partial charge in [-0.05, 0) is 38.0 Å². The number of carbonyl (C=O) groups is 1. The third-order valence-corrected chi connectivity index (χ3v) is 6.17. The number of ether oxygens (including phenoxy) is 1. The number of amides is 1. The molecule has 1 fully saturated rings. The van der Waals surface area contributed by atoms with Gasteiger partial charge >= 0.3 is 0 Å². The standard InChI is InChI=1S/C18H21N3O4S/c1-13-4-6-16(7-5-13)26(23,24)21-10-2-3-15(12-21)25-14-8-9-20-17(11-14)18(19)22/h4-9,11,15H,2-3,10,12H2,1H3,(H2,19,22). The van der Waals surface area contributed by atoms with Gasteiger partial charge in [-0.1, -0.05) is 17.7 Å². The highest BCUT2D eigenvalue weighted by atomic mass is 32.2. The number of hydrogen-bond acceptors (Lipinski definition) is 5. The second kappa shape index (κ2) is 7.43. The van der Waals surface area contributed by atoms with Gasteiger partial charge in [0.25, 0.3) is 5.91 Å². The quantitative estimate of drug-likeness (QED) is 0.857. The van der Waals surface area contributed by atoms with Crippen LogP contribution in [0.3, 0.4) is 0 Å². The lowest BCUT2D eigenvalue weighted by Gasteiger charge is -2.32. The van der Waals surface area contributed by atoms with Crippen LogP contribution >= 0.6 is 0 Å². The zero-order valence-electron chi connectivity index (χ0n) is 14.5. The highest BCUT2D eigenvalue weighted by molar-refractivity contribution is 7.89. The second-order valence-corrected chi connectivity index (χ2v) is 8.24. The van der Waals surface area contributed by atoms with E-state index in [-0.39, 0.29) is 23.2 Å². The molecule has 3 rings (SSSR count). The summed E-state index contributed by atoms with van der Waals surface area (Å²) in [6.07, 6.45) is 2.57. The summed E-state index contributed by atoms with van der Waals surface area (Å²) in [5.41, 5.74) is 6.35. The molecule has 1 amide bonds. The van der Waals surface area contributed by atoms with E-state index in [1.165, 1.54) is 16.6 Å². The number of piperidine rings is 1. The Labute approximate surface area is 152 Å². The number of benzene rings is 1. The Balaban J connectivity index is 1.74. The van der Waals surface area contributed by atoms with Crippen molar-refractivity contribution in [2.75, 3.05) is 13.1 Å². The minimum Gasteiger partial charge on any atom is -0.489 e. The molecule has 1 saturated heterocycles. The van der Waals surface area contributed by atoms with Gasteiger partial charge in [-0.2, -0.15) is 4.31 Å². The highest BCUT2D eigenvalue weighted by Gasteiger charge is 2.31. The molecule has 7 nitrogen and oxygen atoms in total. The first-order valence-electron chi connectivity index (χ1n) is 8.35. The van der Waals surface area contributed by atoms with Crippen LogP contribution in [0.15, 0.2) is 47.5 Å². The highest BCUT2D eigenvalue weighted by Crippen LogP contribution is 2.24. The third-order valence-electron chi connectivity index (χ3n) is 4.29. The van der Waals surface area contributed by atoms with Crippen LogP contribution < -0.4 is 10.5 Å². The number of hydrogen-bond donors (Lipinski definition) is 1. The Morgan fingerprint density at radius 3 is 2.69 bits per heavy atom. The predicted octanol–water partition coefficient (Wildman–Crippen LogP) is 1.72. The first-order chi connectivity index (χ1) is 12.4. The van der Waals surface area contributed by atoms with Gasteiger partial charge in [0.1, 0.15) is 17.5 Å². The van der Waals surface area contributed by atoms with Crippen LogP contribution in [-0.2, 0) is 10.0 Å². The number of carbonyl (C=O) groups excluding carboxylic acids is 1. The van der Waals surface area contributed by atoms with E-state index in [4.69, 9.17) is 10.5 Å². The monoisotopic (exact) mass is 375 g/mol. The molecule has 1 aromatic heterocycles. The predicted molar refractivity (Wildman–Crippen MR) is 96.3 cm³/mol. The Morgan fingerprint density at radius 2 is 2.00 bits per heavy atom. The van der Waals surface area contributed by atoms with Crippen LogP contribution in [0.4, 0.5) is 0 Å². The Kier molecular flexibility index (Phi) is 5.24. The van der Waals surface area contributed by atoms with E-state index < -0.39 is 15.9 Å². The molecule has 138 valence electrons. The van der Waals surface area contributed by atoms with Crippen molar-refractivity contribution in [2.45, 2.75) is 30.8 Å². The first kappa shape index (κ1) is 18.3. The molecule has 8 heteroatoms. The molecular formula is C18H21N3O4S. The summed E-state index contributed by atoms with van der Waals surface area (Å²) in [5.74, 6) is -0.184. The molecule has 0 spiro atoms. The lowest BCUT2D eigenvalue weighted by molar-refractivity contribution is 0.0993. The fourth-order valence-corrected chi connectivity index (χ4v) is 4.40. The molecule has 2 heterocycles. The minimum atomic E-state index is -3.56.